The van der Waals surface area contributed by atoms with Crippen LogP contribution in [0.1, 0.15) is 29.6 Å². The van der Waals surface area contributed by atoms with E-state index >= 15 is 0 Å². The molecule has 0 heterocycles. The number of amides is 2. The summed E-state index contributed by atoms with van der Waals surface area (Å²) in [6.07, 6.45) is 2.47. The number of benzene rings is 1. The number of anilines is 1. The second-order valence-corrected chi connectivity index (χ2v) is 4.70. The molecular weight excluding hydrogens is 278 g/mol. The van der Waals surface area contributed by atoms with E-state index in [1.165, 1.54) is 0 Å². The number of hydrogen-bond donors (Lipinski definition) is 3. The first-order valence-corrected chi connectivity index (χ1v) is 6.55. The van der Waals surface area contributed by atoms with Crippen molar-refractivity contribution in [2.45, 2.75) is 25.3 Å². The van der Waals surface area contributed by atoms with Crippen LogP contribution in [0.25, 0.3) is 0 Å². The van der Waals surface area contributed by atoms with Gasteiger partial charge in [0.2, 0.25) is 5.91 Å². The van der Waals surface area contributed by atoms with Crippen molar-refractivity contribution in [2.24, 2.45) is 0 Å². The minimum absolute atomic E-state index is 0. The molecule has 2 rings (SSSR count). The summed E-state index contributed by atoms with van der Waals surface area (Å²) in [6, 6.07) is 7.39. The maximum atomic E-state index is 12.0. The van der Waals surface area contributed by atoms with E-state index in [9.17, 15) is 9.59 Å². The minimum Gasteiger partial charge on any atom is -0.349 e. The quantitative estimate of drug-likeness (QED) is 0.746. The number of para-hydroxylation sites is 1. The summed E-state index contributed by atoms with van der Waals surface area (Å²) in [5.74, 6) is -0.215. The summed E-state index contributed by atoms with van der Waals surface area (Å²) in [7, 11) is 1.80. The van der Waals surface area contributed by atoms with Crippen molar-refractivity contribution in [3.8, 4) is 0 Å². The van der Waals surface area contributed by atoms with Crippen LogP contribution in [0.2, 0.25) is 0 Å². The summed E-state index contributed by atoms with van der Waals surface area (Å²) in [4.78, 5) is 23.7. The highest BCUT2D eigenvalue weighted by Gasteiger charge is 2.24. The van der Waals surface area contributed by atoms with E-state index in [-0.39, 0.29) is 24.2 Å². The Morgan fingerprint density at radius 3 is 2.60 bits per heavy atom. The first-order valence-electron chi connectivity index (χ1n) is 6.55. The van der Waals surface area contributed by atoms with Crippen molar-refractivity contribution < 1.29 is 9.59 Å². The molecule has 0 spiro atoms. The van der Waals surface area contributed by atoms with Crippen molar-refractivity contribution in [1.29, 1.82) is 0 Å². The monoisotopic (exact) mass is 297 g/mol. The topological polar surface area (TPSA) is 70.2 Å². The van der Waals surface area contributed by atoms with Crippen LogP contribution in [0.5, 0.6) is 0 Å². The lowest BCUT2D eigenvalue weighted by atomic mass is 10.1. The molecule has 0 unspecified atom stereocenters. The predicted octanol–water partition coefficient (Wildman–Crippen LogP) is 1.55. The van der Waals surface area contributed by atoms with Crippen molar-refractivity contribution in [3.63, 3.8) is 0 Å². The number of hydrogen-bond acceptors (Lipinski definition) is 3. The maximum absolute atomic E-state index is 12.0. The van der Waals surface area contributed by atoms with Gasteiger partial charge in [0.15, 0.2) is 0 Å². The van der Waals surface area contributed by atoms with E-state index in [1.807, 2.05) is 6.07 Å². The summed E-state index contributed by atoms with van der Waals surface area (Å²) in [5, 5.41) is 8.62. The second-order valence-electron chi connectivity index (χ2n) is 4.70. The van der Waals surface area contributed by atoms with Crippen molar-refractivity contribution in [2.75, 3.05) is 18.9 Å². The van der Waals surface area contributed by atoms with E-state index in [2.05, 4.69) is 16.0 Å². The van der Waals surface area contributed by atoms with Gasteiger partial charge < -0.3 is 16.0 Å². The molecule has 1 aromatic carbocycles. The van der Waals surface area contributed by atoms with Gasteiger partial charge in [-0.15, -0.1) is 12.4 Å². The van der Waals surface area contributed by atoms with Crippen LogP contribution in [-0.2, 0) is 4.79 Å². The zero-order valence-electron chi connectivity index (χ0n) is 11.4. The summed E-state index contributed by atoms with van der Waals surface area (Å²) >= 11 is 0. The third-order valence-corrected chi connectivity index (χ3v) is 2.96. The molecule has 110 valence electrons. The molecule has 1 aliphatic carbocycles. The van der Waals surface area contributed by atoms with Gasteiger partial charge in [-0.1, -0.05) is 12.1 Å². The highest BCUT2D eigenvalue weighted by atomic mass is 35.5. The predicted molar refractivity (Wildman–Crippen MR) is 81.4 cm³/mol. The van der Waals surface area contributed by atoms with E-state index in [4.69, 9.17) is 0 Å². The zero-order chi connectivity index (χ0) is 13.7. The van der Waals surface area contributed by atoms with Crippen LogP contribution in [0, 0.1) is 0 Å². The second kappa shape index (κ2) is 7.87. The highest BCUT2D eigenvalue weighted by Crippen LogP contribution is 2.21. The van der Waals surface area contributed by atoms with Gasteiger partial charge in [-0.3, -0.25) is 9.59 Å². The Morgan fingerprint density at radius 2 is 1.95 bits per heavy atom. The van der Waals surface area contributed by atoms with Gasteiger partial charge in [0.1, 0.15) is 0 Å². The fourth-order valence-electron chi connectivity index (χ4n) is 1.73. The fourth-order valence-corrected chi connectivity index (χ4v) is 1.73. The molecule has 5 nitrogen and oxygen atoms in total. The zero-order valence-corrected chi connectivity index (χ0v) is 12.3. The molecule has 0 saturated heterocycles. The van der Waals surface area contributed by atoms with E-state index < -0.39 is 0 Å². The van der Waals surface area contributed by atoms with Gasteiger partial charge in [-0.2, -0.15) is 0 Å². The normalized spacial score (nSPS) is 13.2. The van der Waals surface area contributed by atoms with Crippen molar-refractivity contribution in [1.82, 2.24) is 10.6 Å². The average Bonchev–Trinajstić information content (AvgIpc) is 3.21. The minimum atomic E-state index is -0.119. The standard InChI is InChI=1S/C14H19N3O2.ClH/c1-15-9-8-13(18)17-12-5-3-2-4-11(12)14(19)16-10-6-7-10;/h2-5,10,15H,6-9H2,1H3,(H,16,19)(H,17,18);1H. The largest absolute Gasteiger partial charge is 0.349 e. The molecule has 0 aliphatic heterocycles. The highest BCUT2D eigenvalue weighted by molar-refractivity contribution is 6.03. The Labute approximate surface area is 124 Å². The number of rotatable bonds is 6. The van der Waals surface area contributed by atoms with Crippen LogP contribution < -0.4 is 16.0 Å². The third kappa shape index (κ3) is 4.83. The number of carbonyl (C=O) groups is 2. The molecule has 1 fully saturated rings. The Kier molecular flexibility index (Phi) is 6.48. The van der Waals surface area contributed by atoms with Gasteiger partial charge in [0.25, 0.3) is 5.91 Å². The number of halogens is 1. The molecule has 0 bridgehead atoms. The molecule has 0 aromatic heterocycles. The van der Waals surface area contributed by atoms with Crippen molar-refractivity contribution >= 4 is 29.9 Å². The SMILES string of the molecule is CNCCC(=O)Nc1ccccc1C(=O)NC1CC1.Cl. The van der Waals surface area contributed by atoms with E-state index in [0.717, 1.165) is 12.8 Å². The van der Waals surface area contributed by atoms with Gasteiger partial charge in [0, 0.05) is 19.0 Å². The van der Waals surface area contributed by atoms with Gasteiger partial charge in [-0.25, -0.2) is 0 Å². The maximum Gasteiger partial charge on any atom is 0.253 e. The smallest absolute Gasteiger partial charge is 0.253 e. The number of carbonyl (C=O) groups excluding carboxylic acids is 2. The first kappa shape index (κ1) is 16.5. The molecule has 2 amide bonds. The first-order chi connectivity index (χ1) is 9.20. The van der Waals surface area contributed by atoms with E-state index in [0.29, 0.717) is 30.3 Å². The van der Waals surface area contributed by atoms with E-state index in [1.54, 1.807) is 25.2 Å². The summed E-state index contributed by atoms with van der Waals surface area (Å²) in [6.45, 7) is 0.613. The molecule has 1 aliphatic rings. The molecule has 1 saturated carbocycles. The van der Waals surface area contributed by atoms with Gasteiger partial charge in [-0.05, 0) is 32.0 Å². The molecule has 0 radical (unpaired) electrons. The molecule has 1 aromatic rings. The lowest BCUT2D eigenvalue weighted by molar-refractivity contribution is -0.116. The lowest BCUT2D eigenvalue weighted by Crippen LogP contribution is -2.27. The van der Waals surface area contributed by atoms with Crippen molar-refractivity contribution in [3.05, 3.63) is 29.8 Å². The Balaban J connectivity index is 0.00000200. The van der Waals surface area contributed by atoms with Crippen LogP contribution in [-0.4, -0.2) is 31.4 Å². The summed E-state index contributed by atoms with van der Waals surface area (Å²) < 4.78 is 0. The molecule has 3 N–H and O–H groups in total. The lowest BCUT2D eigenvalue weighted by Gasteiger charge is -2.11. The van der Waals surface area contributed by atoms with Gasteiger partial charge in [0.05, 0.1) is 11.3 Å². The van der Waals surface area contributed by atoms with Crippen LogP contribution >= 0.6 is 12.4 Å². The fraction of sp³-hybridized carbons (Fsp3) is 0.429. The average molecular weight is 298 g/mol. The molecular formula is C14H20ClN3O2. The van der Waals surface area contributed by atoms with Gasteiger partial charge >= 0.3 is 0 Å². The molecule has 6 heteroatoms. The Bertz CT molecular complexity index is 475. The number of nitrogens with one attached hydrogen (secondary N) is 3. The Morgan fingerprint density at radius 1 is 1.25 bits per heavy atom. The summed E-state index contributed by atoms with van der Waals surface area (Å²) in [5.41, 5.74) is 1.09. The molecule has 20 heavy (non-hydrogen) atoms. The van der Waals surface area contributed by atoms with Crippen LogP contribution in [0.4, 0.5) is 5.69 Å². The molecule has 0 atom stereocenters. The van der Waals surface area contributed by atoms with Crippen LogP contribution in [0.15, 0.2) is 24.3 Å². The third-order valence-electron chi connectivity index (χ3n) is 2.96. The van der Waals surface area contributed by atoms with Crippen LogP contribution in [0.3, 0.4) is 0 Å². The Hall–Kier alpha value is -1.59.